The van der Waals surface area contributed by atoms with E-state index in [-0.39, 0.29) is 11.9 Å². The second-order valence-electron chi connectivity index (χ2n) is 3.94. The Labute approximate surface area is 105 Å². The van der Waals surface area contributed by atoms with Crippen LogP contribution in [0.15, 0.2) is 36.5 Å². The molecule has 0 aliphatic heterocycles. The Kier molecular flexibility index (Phi) is 3.59. The first-order valence-corrected chi connectivity index (χ1v) is 5.96. The second-order valence-corrected chi connectivity index (χ2v) is 4.25. The van der Waals surface area contributed by atoms with E-state index in [0.717, 1.165) is 10.9 Å². The third-order valence-electron chi connectivity index (χ3n) is 2.47. The number of hydrogen-bond acceptors (Lipinski definition) is 2. The van der Waals surface area contributed by atoms with Crippen molar-refractivity contribution in [3.63, 3.8) is 0 Å². The molecule has 2 rings (SSSR count). The van der Waals surface area contributed by atoms with Crippen molar-refractivity contribution >= 4 is 28.4 Å². The summed E-state index contributed by atoms with van der Waals surface area (Å²) in [4.78, 5) is 16.1. The highest BCUT2D eigenvalue weighted by Gasteiger charge is 2.09. The van der Waals surface area contributed by atoms with Crippen LogP contribution in [0.5, 0.6) is 0 Å². The lowest BCUT2D eigenvalue weighted by molar-refractivity contribution is 0.0943. The molecule has 1 N–H and O–H groups in total. The van der Waals surface area contributed by atoms with Crippen LogP contribution in [0.3, 0.4) is 0 Å². The zero-order valence-electron chi connectivity index (χ0n) is 9.48. The van der Waals surface area contributed by atoms with Crippen molar-refractivity contribution < 1.29 is 4.79 Å². The van der Waals surface area contributed by atoms with E-state index in [2.05, 4.69) is 10.3 Å². The molecule has 88 valence electrons. The van der Waals surface area contributed by atoms with Gasteiger partial charge < -0.3 is 5.32 Å². The quantitative estimate of drug-likeness (QED) is 0.849. The molecule has 1 amide bonds. The fraction of sp³-hybridized carbons (Fsp3) is 0.231. The highest BCUT2D eigenvalue weighted by molar-refractivity contribution is 6.18. The van der Waals surface area contributed by atoms with Crippen LogP contribution in [0.4, 0.5) is 0 Å². The summed E-state index contributed by atoms with van der Waals surface area (Å²) in [6, 6.07) is 9.20. The molecule has 3 nitrogen and oxygen atoms in total. The third kappa shape index (κ3) is 2.74. The van der Waals surface area contributed by atoms with Gasteiger partial charge in [0.25, 0.3) is 5.91 Å². The Bertz CT molecular complexity index is 542. The van der Waals surface area contributed by atoms with E-state index in [1.54, 1.807) is 12.3 Å². The highest BCUT2D eigenvalue weighted by Crippen LogP contribution is 2.13. The van der Waals surface area contributed by atoms with Crippen LogP contribution >= 0.6 is 11.6 Å². The minimum atomic E-state index is -0.107. The predicted molar refractivity (Wildman–Crippen MR) is 69.4 cm³/mol. The first-order valence-electron chi connectivity index (χ1n) is 5.42. The van der Waals surface area contributed by atoms with Gasteiger partial charge in [-0.05, 0) is 31.2 Å². The molecule has 0 radical (unpaired) electrons. The molecule has 0 fully saturated rings. The van der Waals surface area contributed by atoms with Gasteiger partial charge in [-0.3, -0.25) is 9.78 Å². The maximum atomic E-state index is 11.9. The van der Waals surface area contributed by atoms with Crippen LogP contribution in [0.1, 0.15) is 17.3 Å². The van der Waals surface area contributed by atoms with Crippen molar-refractivity contribution in [1.82, 2.24) is 10.3 Å². The molecule has 17 heavy (non-hydrogen) atoms. The molecule has 2 aromatic rings. The number of fused-ring (bicyclic) bond motifs is 1. The fourth-order valence-electron chi connectivity index (χ4n) is 1.56. The minimum Gasteiger partial charge on any atom is -0.348 e. The number of halogens is 1. The summed E-state index contributed by atoms with van der Waals surface area (Å²) in [6.45, 7) is 1.87. The Morgan fingerprint density at radius 1 is 1.47 bits per heavy atom. The summed E-state index contributed by atoms with van der Waals surface area (Å²) < 4.78 is 0. The van der Waals surface area contributed by atoms with Crippen molar-refractivity contribution in [3.8, 4) is 0 Å². The molecule has 0 bridgehead atoms. The van der Waals surface area contributed by atoms with Crippen LogP contribution in [0.2, 0.25) is 0 Å². The zero-order chi connectivity index (χ0) is 12.3. The van der Waals surface area contributed by atoms with E-state index >= 15 is 0 Å². The van der Waals surface area contributed by atoms with Gasteiger partial charge in [-0.25, -0.2) is 0 Å². The predicted octanol–water partition coefficient (Wildman–Crippen LogP) is 2.59. The Morgan fingerprint density at radius 2 is 2.29 bits per heavy atom. The maximum absolute atomic E-state index is 11.9. The van der Waals surface area contributed by atoms with E-state index in [4.69, 9.17) is 11.6 Å². The number of aromatic nitrogens is 1. The molecule has 0 saturated heterocycles. The van der Waals surface area contributed by atoms with Gasteiger partial charge in [0.05, 0.1) is 5.52 Å². The number of carbonyl (C=O) groups is 1. The molecule has 0 saturated carbocycles. The highest BCUT2D eigenvalue weighted by atomic mass is 35.5. The third-order valence-corrected chi connectivity index (χ3v) is 2.94. The summed E-state index contributed by atoms with van der Waals surface area (Å²) >= 11 is 5.65. The number of rotatable bonds is 3. The van der Waals surface area contributed by atoms with Crippen LogP contribution in [0.25, 0.3) is 10.9 Å². The number of nitrogens with one attached hydrogen (secondary N) is 1. The standard InChI is InChI=1S/C13H13ClN2O/c1-9(8-14)16-13(17)11-4-5-12-10(7-11)3-2-6-15-12/h2-7,9H,8H2,1H3,(H,16,17). The smallest absolute Gasteiger partial charge is 0.251 e. The summed E-state index contributed by atoms with van der Waals surface area (Å²) in [5.74, 6) is 0.296. The van der Waals surface area contributed by atoms with Gasteiger partial charge in [0, 0.05) is 29.1 Å². The van der Waals surface area contributed by atoms with Crippen molar-refractivity contribution in [2.24, 2.45) is 0 Å². The summed E-state index contributed by atoms with van der Waals surface area (Å²) in [5, 5.41) is 3.78. The first-order chi connectivity index (χ1) is 8.20. The maximum Gasteiger partial charge on any atom is 0.251 e. The average molecular weight is 249 g/mol. The van der Waals surface area contributed by atoms with Crippen LogP contribution in [0, 0.1) is 0 Å². The first kappa shape index (κ1) is 11.9. The number of carbonyl (C=O) groups excluding carboxylic acids is 1. The molecule has 1 aromatic carbocycles. The number of hydrogen-bond donors (Lipinski definition) is 1. The lowest BCUT2D eigenvalue weighted by atomic mass is 10.1. The molecule has 1 atom stereocenters. The van der Waals surface area contributed by atoms with Crippen molar-refractivity contribution in [2.75, 3.05) is 5.88 Å². The molecule has 0 aliphatic carbocycles. The molecule has 0 spiro atoms. The van der Waals surface area contributed by atoms with Gasteiger partial charge in [-0.2, -0.15) is 0 Å². The van der Waals surface area contributed by atoms with Gasteiger partial charge in [-0.1, -0.05) is 6.07 Å². The fourth-order valence-corrected chi connectivity index (χ4v) is 1.64. The van der Waals surface area contributed by atoms with E-state index in [9.17, 15) is 4.79 Å². The van der Waals surface area contributed by atoms with Crippen molar-refractivity contribution in [2.45, 2.75) is 13.0 Å². The molecule has 4 heteroatoms. The number of nitrogens with zero attached hydrogens (tertiary/aromatic N) is 1. The summed E-state index contributed by atoms with van der Waals surface area (Å²) in [5.41, 5.74) is 1.51. The van der Waals surface area contributed by atoms with E-state index < -0.39 is 0 Å². The normalized spacial score (nSPS) is 12.4. The lowest BCUT2D eigenvalue weighted by Crippen LogP contribution is -2.33. The molecule has 1 aromatic heterocycles. The monoisotopic (exact) mass is 248 g/mol. The SMILES string of the molecule is CC(CCl)NC(=O)c1ccc2ncccc2c1. The average Bonchev–Trinajstić information content (AvgIpc) is 2.38. The topological polar surface area (TPSA) is 42.0 Å². The largest absolute Gasteiger partial charge is 0.348 e. The number of benzene rings is 1. The van der Waals surface area contributed by atoms with E-state index in [0.29, 0.717) is 11.4 Å². The van der Waals surface area contributed by atoms with Gasteiger partial charge in [0.2, 0.25) is 0 Å². The van der Waals surface area contributed by atoms with Gasteiger partial charge in [0.1, 0.15) is 0 Å². The molecular weight excluding hydrogens is 236 g/mol. The number of pyridine rings is 1. The molecule has 1 heterocycles. The number of amides is 1. The Balaban J connectivity index is 2.27. The Morgan fingerprint density at radius 3 is 3.06 bits per heavy atom. The van der Waals surface area contributed by atoms with Crippen LogP contribution < -0.4 is 5.32 Å². The molecular formula is C13H13ClN2O. The van der Waals surface area contributed by atoms with E-state index in [1.807, 2.05) is 31.2 Å². The van der Waals surface area contributed by atoms with Gasteiger partial charge >= 0.3 is 0 Å². The van der Waals surface area contributed by atoms with Crippen molar-refractivity contribution in [1.29, 1.82) is 0 Å². The Hall–Kier alpha value is -1.61. The van der Waals surface area contributed by atoms with Gasteiger partial charge in [-0.15, -0.1) is 11.6 Å². The number of alkyl halides is 1. The molecule has 1 unspecified atom stereocenters. The zero-order valence-corrected chi connectivity index (χ0v) is 10.2. The van der Waals surface area contributed by atoms with Crippen molar-refractivity contribution in [3.05, 3.63) is 42.1 Å². The van der Waals surface area contributed by atoms with Crippen LogP contribution in [-0.2, 0) is 0 Å². The summed E-state index contributed by atoms with van der Waals surface area (Å²) in [7, 11) is 0. The molecule has 0 aliphatic rings. The van der Waals surface area contributed by atoms with Gasteiger partial charge in [0.15, 0.2) is 0 Å². The van der Waals surface area contributed by atoms with E-state index in [1.165, 1.54) is 0 Å². The van der Waals surface area contributed by atoms with Crippen LogP contribution in [-0.4, -0.2) is 22.8 Å². The second kappa shape index (κ2) is 5.15. The lowest BCUT2D eigenvalue weighted by Gasteiger charge is -2.10. The summed E-state index contributed by atoms with van der Waals surface area (Å²) in [6.07, 6.45) is 1.73. The minimum absolute atomic E-state index is 0.0336.